The number of hydrogen-bond donors (Lipinski definition) is 1. The normalized spacial score (nSPS) is 12.7. The number of ether oxygens (including phenoxy) is 1. The quantitative estimate of drug-likeness (QED) is 0.873. The van der Waals surface area contributed by atoms with Gasteiger partial charge in [0.2, 0.25) is 5.91 Å². The van der Waals surface area contributed by atoms with Gasteiger partial charge in [-0.05, 0) is 17.7 Å². The molecular formula is C13H13N3O3. The summed E-state index contributed by atoms with van der Waals surface area (Å²) in [6, 6.07) is 7.17. The van der Waals surface area contributed by atoms with E-state index in [-0.39, 0.29) is 24.8 Å². The lowest BCUT2D eigenvalue weighted by molar-refractivity contribution is -0.129. The molecule has 1 heterocycles. The monoisotopic (exact) mass is 259 g/mol. The second-order valence-corrected chi connectivity index (χ2v) is 4.25. The zero-order valence-corrected chi connectivity index (χ0v) is 10.5. The van der Waals surface area contributed by atoms with Crippen LogP contribution in [-0.4, -0.2) is 30.4 Å². The molecule has 0 unspecified atom stereocenters. The van der Waals surface area contributed by atoms with E-state index in [0.717, 1.165) is 5.56 Å². The van der Waals surface area contributed by atoms with Crippen molar-refractivity contribution in [1.82, 2.24) is 4.90 Å². The smallest absolute Gasteiger partial charge is 0.262 e. The van der Waals surface area contributed by atoms with Gasteiger partial charge in [-0.3, -0.25) is 9.59 Å². The first-order valence-corrected chi connectivity index (χ1v) is 5.76. The van der Waals surface area contributed by atoms with Crippen LogP contribution in [0.5, 0.6) is 5.75 Å². The van der Waals surface area contributed by atoms with Crippen LogP contribution in [0.15, 0.2) is 18.2 Å². The second-order valence-electron chi connectivity index (χ2n) is 4.25. The predicted octanol–water partition coefficient (Wildman–Crippen LogP) is 0.890. The van der Waals surface area contributed by atoms with E-state index < -0.39 is 0 Å². The van der Waals surface area contributed by atoms with E-state index in [9.17, 15) is 9.59 Å². The molecule has 0 spiro atoms. The Kier molecular flexibility index (Phi) is 3.66. The summed E-state index contributed by atoms with van der Waals surface area (Å²) in [7, 11) is 1.63. The summed E-state index contributed by atoms with van der Waals surface area (Å²) in [5, 5.41) is 11.2. The minimum Gasteiger partial charge on any atom is -0.482 e. The highest BCUT2D eigenvalue weighted by molar-refractivity contribution is 5.95. The Balaban J connectivity index is 2.10. The number of nitrogens with one attached hydrogen (secondary N) is 1. The fraction of sp³-hybridized carbons (Fsp3) is 0.308. The molecule has 1 aromatic rings. The number of rotatable bonds is 3. The zero-order valence-electron chi connectivity index (χ0n) is 10.5. The van der Waals surface area contributed by atoms with Crippen molar-refractivity contribution in [3.8, 4) is 11.8 Å². The topological polar surface area (TPSA) is 82.4 Å². The number of fused-ring (bicyclic) bond motifs is 1. The second kappa shape index (κ2) is 5.40. The van der Waals surface area contributed by atoms with E-state index in [4.69, 9.17) is 10.00 Å². The summed E-state index contributed by atoms with van der Waals surface area (Å²) in [6.45, 7) is 0.399. The van der Waals surface area contributed by atoms with Gasteiger partial charge >= 0.3 is 0 Å². The number of nitriles is 1. The fourth-order valence-electron chi connectivity index (χ4n) is 1.79. The summed E-state index contributed by atoms with van der Waals surface area (Å²) in [6.07, 6.45) is -0.138. The lowest BCUT2D eigenvalue weighted by atomic mass is 10.1. The summed E-state index contributed by atoms with van der Waals surface area (Å²) < 4.78 is 5.25. The number of benzene rings is 1. The predicted molar refractivity (Wildman–Crippen MR) is 67.3 cm³/mol. The molecule has 0 fully saturated rings. The maximum absolute atomic E-state index is 11.5. The van der Waals surface area contributed by atoms with Crippen molar-refractivity contribution < 1.29 is 14.3 Å². The largest absolute Gasteiger partial charge is 0.482 e. The first kappa shape index (κ1) is 12.9. The van der Waals surface area contributed by atoms with Gasteiger partial charge in [-0.25, -0.2) is 0 Å². The molecule has 0 atom stereocenters. The molecule has 0 aromatic heterocycles. The van der Waals surface area contributed by atoms with E-state index in [1.54, 1.807) is 19.2 Å². The number of carbonyl (C=O) groups excluding carboxylic acids is 2. The molecular weight excluding hydrogens is 246 g/mol. The Hall–Kier alpha value is -2.55. The summed E-state index contributed by atoms with van der Waals surface area (Å²) in [4.78, 5) is 24.2. The molecule has 0 radical (unpaired) electrons. The minimum atomic E-state index is -0.236. The Bertz CT molecular complexity index is 563. The lowest BCUT2D eigenvalue weighted by Gasteiger charge is -2.20. The van der Waals surface area contributed by atoms with Crippen LogP contribution in [0.3, 0.4) is 0 Å². The van der Waals surface area contributed by atoms with Gasteiger partial charge in [-0.2, -0.15) is 5.26 Å². The third kappa shape index (κ3) is 3.01. The molecule has 1 aliphatic heterocycles. The molecule has 0 saturated heterocycles. The van der Waals surface area contributed by atoms with E-state index in [1.165, 1.54) is 4.90 Å². The van der Waals surface area contributed by atoms with Gasteiger partial charge in [0.1, 0.15) is 12.2 Å². The van der Waals surface area contributed by atoms with Gasteiger partial charge in [0.05, 0.1) is 11.8 Å². The highest BCUT2D eigenvalue weighted by Gasteiger charge is 2.16. The van der Waals surface area contributed by atoms with Gasteiger partial charge in [-0.1, -0.05) is 6.07 Å². The summed E-state index contributed by atoms with van der Waals surface area (Å²) >= 11 is 0. The molecule has 6 heteroatoms. The van der Waals surface area contributed by atoms with Crippen LogP contribution >= 0.6 is 0 Å². The number of nitrogens with zero attached hydrogens (tertiary/aromatic N) is 2. The van der Waals surface area contributed by atoms with Crippen LogP contribution in [0.1, 0.15) is 12.0 Å². The summed E-state index contributed by atoms with van der Waals surface area (Å²) in [5.41, 5.74) is 1.47. The van der Waals surface area contributed by atoms with Crippen LogP contribution in [0.25, 0.3) is 0 Å². The third-order valence-electron chi connectivity index (χ3n) is 2.75. The molecule has 1 aromatic carbocycles. The first-order chi connectivity index (χ1) is 9.10. The van der Waals surface area contributed by atoms with Crippen molar-refractivity contribution in [2.75, 3.05) is 19.0 Å². The fourth-order valence-corrected chi connectivity index (χ4v) is 1.79. The molecule has 2 amide bonds. The van der Waals surface area contributed by atoms with Crippen LogP contribution in [0.4, 0.5) is 5.69 Å². The molecule has 1 aliphatic rings. The molecule has 0 saturated carbocycles. The van der Waals surface area contributed by atoms with Gasteiger partial charge in [0.15, 0.2) is 6.61 Å². The molecule has 0 aliphatic carbocycles. The standard InChI is InChI=1S/C13H13N3O3/c1-16(13(18)4-5-14)7-9-2-3-11-10(6-9)15-12(17)8-19-11/h2-3,6H,4,7-8H2,1H3,(H,15,17). The molecule has 98 valence electrons. The summed E-state index contributed by atoms with van der Waals surface area (Å²) in [5.74, 6) is 0.188. The van der Waals surface area contributed by atoms with Gasteiger partial charge < -0.3 is 15.0 Å². The van der Waals surface area contributed by atoms with Crippen molar-refractivity contribution in [2.45, 2.75) is 13.0 Å². The van der Waals surface area contributed by atoms with E-state index in [0.29, 0.717) is 18.0 Å². The minimum absolute atomic E-state index is 0.0207. The van der Waals surface area contributed by atoms with Crippen LogP contribution in [-0.2, 0) is 16.1 Å². The third-order valence-corrected chi connectivity index (χ3v) is 2.75. The van der Waals surface area contributed by atoms with Crippen molar-refractivity contribution in [3.05, 3.63) is 23.8 Å². The van der Waals surface area contributed by atoms with E-state index in [1.807, 2.05) is 12.1 Å². The number of anilines is 1. The van der Waals surface area contributed by atoms with Crippen molar-refractivity contribution in [2.24, 2.45) is 0 Å². The van der Waals surface area contributed by atoms with Crippen LogP contribution in [0.2, 0.25) is 0 Å². The molecule has 19 heavy (non-hydrogen) atoms. The molecule has 1 N–H and O–H groups in total. The first-order valence-electron chi connectivity index (χ1n) is 5.76. The maximum Gasteiger partial charge on any atom is 0.262 e. The van der Waals surface area contributed by atoms with Crippen molar-refractivity contribution in [3.63, 3.8) is 0 Å². The number of carbonyl (C=O) groups is 2. The Morgan fingerprint density at radius 3 is 3.11 bits per heavy atom. The van der Waals surface area contributed by atoms with Crippen molar-refractivity contribution in [1.29, 1.82) is 5.26 Å². The molecule has 6 nitrogen and oxygen atoms in total. The highest BCUT2D eigenvalue weighted by atomic mass is 16.5. The van der Waals surface area contributed by atoms with Crippen LogP contribution in [0, 0.1) is 11.3 Å². The lowest BCUT2D eigenvalue weighted by Crippen LogP contribution is -2.27. The van der Waals surface area contributed by atoms with Crippen molar-refractivity contribution >= 4 is 17.5 Å². The van der Waals surface area contributed by atoms with E-state index >= 15 is 0 Å². The highest BCUT2D eigenvalue weighted by Crippen LogP contribution is 2.28. The molecule has 0 bridgehead atoms. The average molecular weight is 259 g/mol. The number of hydrogen-bond acceptors (Lipinski definition) is 4. The van der Waals surface area contributed by atoms with Gasteiger partial charge in [-0.15, -0.1) is 0 Å². The zero-order chi connectivity index (χ0) is 13.8. The van der Waals surface area contributed by atoms with E-state index in [2.05, 4.69) is 5.32 Å². The number of amides is 2. The van der Waals surface area contributed by atoms with Gasteiger partial charge in [0.25, 0.3) is 5.91 Å². The van der Waals surface area contributed by atoms with Gasteiger partial charge in [0, 0.05) is 13.6 Å². The van der Waals surface area contributed by atoms with Crippen LogP contribution < -0.4 is 10.1 Å². The Morgan fingerprint density at radius 1 is 1.58 bits per heavy atom. The molecule has 2 rings (SSSR count). The Morgan fingerprint density at radius 2 is 2.37 bits per heavy atom. The SMILES string of the molecule is CN(Cc1ccc2c(c1)NC(=O)CO2)C(=O)CC#N. The average Bonchev–Trinajstić information content (AvgIpc) is 2.38. The maximum atomic E-state index is 11.5. The Labute approximate surface area is 110 Å².